The molecular weight excluding hydrogens is 204 g/mol. The zero-order chi connectivity index (χ0) is 10.4. The van der Waals surface area contributed by atoms with Crippen molar-refractivity contribution in [2.45, 2.75) is 18.3 Å². The lowest BCUT2D eigenvalue weighted by Gasteiger charge is -2.20. The first-order valence-corrected chi connectivity index (χ1v) is 3.69. The topological polar surface area (TPSA) is 104 Å². The van der Waals surface area contributed by atoms with Crippen LogP contribution in [-0.2, 0) is 9.53 Å². The quantitative estimate of drug-likeness (QED) is 0.384. The molecule has 76 valence electrons. The lowest BCUT2D eigenvalue weighted by Crippen LogP contribution is -2.42. The van der Waals surface area contributed by atoms with Gasteiger partial charge in [-0.2, -0.15) is 0 Å². The van der Waals surface area contributed by atoms with Crippen LogP contribution in [0.3, 0.4) is 0 Å². The number of aldehydes is 1. The molecule has 0 saturated heterocycles. The van der Waals surface area contributed by atoms with Crippen molar-refractivity contribution in [3.8, 4) is 0 Å². The summed E-state index contributed by atoms with van der Waals surface area (Å²) in [6.07, 6.45) is -4.73. The molecule has 0 spiro atoms. The minimum atomic E-state index is -1.69. The zero-order valence-electron chi connectivity index (χ0n) is 6.46. The molecule has 0 amide bonds. The van der Waals surface area contributed by atoms with E-state index in [-0.39, 0.29) is 6.29 Å². The second-order valence-corrected chi connectivity index (χ2v) is 2.51. The summed E-state index contributed by atoms with van der Waals surface area (Å²) in [6, 6.07) is 0. The van der Waals surface area contributed by atoms with Crippen LogP contribution in [0.1, 0.15) is 0 Å². The van der Waals surface area contributed by atoms with E-state index in [2.05, 4.69) is 4.74 Å². The van der Waals surface area contributed by atoms with Gasteiger partial charge in [0.05, 0.1) is 6.61 Å². The summed E-state index contributed by atoms with van der Waals surface area (Å²) in [7, 11) is 0. The molecule has 3 N–H and O–H groups in total. The Morgan fingerprint density at radius 3 is 2.38 bits per heavy atom. The molecule has 0 aliphatic heterocycles. The van der Waals surface area contributed by atoms with Gasteiger partial charge in [0.2, 0.25) is 0 Å². The number of aliphatic hydroxyl groups is 3. The van der Waals surface area contributed by atoms with Gasteiger partial charge in [-0.1, -0.05) is 0 Å². The normalized spacial score (nSPS) is 17.2. The van der Waals surface area contributed by atoms with Crippen LogP contribution < -0.4 is 0 Å². The summed E-state index contributed by atoms with van der Waals surface area (Å²) in [5, 5.41) is 26.3. The number of hydrogen-bond acceptors (Lipinski definition) is 6. The third-order valence-electron chi connectivity index (χ3n) is 1.28. The predicted molar refractivity (Wildman–Crippen MR) is 41.3 cm³/mol. The second-order valence-electron chi connectivity index (χ2n) is 2.20. The molecule has 0 rings (SSSR count). The molecule has 0 aliphatic rings. The lowest BCUT2D eigenvalue weighted by atomic mass is 10.1. The minimum absolute atomic E-state index is 0.101. The van der Waals surface area contributed by atoms with Crippen LogP contribution in [0.5, 0.6) is 0 Å². The van der Waals surface area contributed by atoms with Gasteiger partial charge in [-0.25, -0.2) is 4.79 Å². The van der Waals surface area contributed by atoms with Crippen LogP contribution in [0.25, 0.3) is 0 Å². The number of halogens is 1. The molecule has 0 radical (unpaired) electrons. The van der Waals surface area contributed by atoms with Crippen molar-refractivity contribution in [2.75, 3.05) is 6.61 Å². The van der Waals surface area contributed by atoms with Crippen LogP contribution in [0.2, 0.25) is 0 Å². The van der Waals surface area contributed by atoms with Crippen LogP contribution in [0.4, 0.5) is 4.79 Å². The molecule has 0 aromatic carbocycles. The number of rotatable bonds is 5. The Kier molecular flexibility index (Phi) is 5.56. The smallest absolute Gasteiger partial charge is 0.404 e. The SMILES string of the molecule is O=C[C@H](OC(=O)Cl)[C@H](O)[C@H](O)CO. The average Bonchev–Trinajstić information content (AvgIpc) is 2.11. The molecular formula is C6H9ClO6. The van der Waals surface area contributed by atoms with E-state index in [1.807, 2.05) is 0 Å². The van der Waals surface area contributed by atoms with Crippen molar-refractivity contribution in [1.82, 2.24) is 0 Å². The Labute approximate surface area is 78.7 Å². The van der Waals surface area contributed by atoms with Gasteiger partial charge in [0.15, 0.2) is 12.4 Å². The van der Waals surface area contributed by atoms with E-state index in [9.17, 15) is 9.59 Å². The van der Waals surface area contributed by atoms with Crippen molar-refractivity contribution < 1.29 is 29.6 Å². The highest BCUT2D eigenvalue weighted by atomic mass is 35.5. The molecule has 7 heteroatoms. The zero-order valence-corrected chi connectivity index (χ0v) is 7.22. The minimum Gasteiger partial charge on any atom is -0.440 e. The van der Waals surface area contributed by atoms with Crippen molar-refractivity contribution in [3.05, 3.63) is 0 Å². The number of hydrogen-bond donors (Lipinski definition) is 3. The standard InChI is InChI=1S/C6H9ClO6/c7-6(12)13-4(2-9)5(11)3(10)1-8/h2-5,8,10-11H,1H2/t3-,4+,5-/m1/s1. The third-order valence-corrected chi connectivity index (χ3v) is 1.37. The molecule has 0 aliphatic carbocycles. The van der Waals surface area contributed by atoms with Gasteiger partial charge in [-0.15, -0.1) is 0 Å². The third kappa shape index (κ3) is 4.18. The molecule has 3 atom stereocenters. The van der Waals surface area contributed by atoms with Crippen LogP contribution in [-0.4, -0.2) is 52.0 Å². The Morgan fingerprint density at radius 2 is 2.08 bits per heavy atom. The van der Waals surface area contributed by atoms with Crippen molar-refractivity contribution in [1.29, 1.82) is 0 Å². The Bertz CT molecular complexity index is 184. The van der Waals surface area contributed by atoms with Crippen molar-refractivity contribution in [2.24, 2.45) is 0 Å². The number of carbonyl (C=O) groups is 2. The molecule has 0 bridgehead atoms. The molecule has 0 unspecified atom stereocenters. The first-order valence-electron chi connectivity index (χ1n) is 3.31. The Morgan fingerprint density at radius 1 is 1.54 bits per heavy atom. The van der Waals surface area contributed by atoms with Gasteiger partial charge in [0.25, 0.3) is 0 Å². The largest absolute Gasteiger partial charge is 0.440 e. The Hall–Kier alpha value is -0.690. The highest BCUT2D eigenvalue weighted by Crippen LogP contribution is 2.04. The molecule has 0 saturated carbocycles. The van der Waals surface area contributed by atoms with E-state index in [0.717, 1.165) is 0 Å². The van der Waals surface area contributed by atoms with E-state index in [1.54, 1.807) is 0 Å². The van der Waals surface area contributed by atoms with E-state index < -0.39 is 30.3 Å². The van der Waals surface area contributed by atoms with Gasteiger partial charge in [-0.05, 0) is 0 Å². The summed E-state index contributed by atoms with van der Waals surface area (Å²) < 4.78 is 4.12. The first kappa shape index (κ1) is 12.3. The van der Waals surface area contributed by atoms with Crippen LogP contribution >= 0.6 is 11.6 Å². The maximum atomic E-state index is 10.2. The molecule has 0 aromatic rings. The lowest BCUT2D eigenvalue weighted by molar-refractivity contribution is -0.127. The molecule has 0 heterocycles. The van der Waals surface area contributed by atoms with E-state index in [4.69, 9.17) is 26.9 Å². The molecule has 0 aromatic heterocycles. The summed E-state index contributed by atoms with van der Waals surface area (Å²) in [5.41, 5.74) is -1.28. The van der Waals surface area contributed by atoms with Gasteiger partial charge in [0.1, 0.15) is 12.2 Å². The van der Waals surface area contributed by atoms with Crippen molar-refractivity contribution in [3.63, 3.8) is 0 Å². The fraction of sp³-hybridized carbons (Fsp3) is 0.667. The monoisotopic (exact) mass is 212 g/mol. The Balaban J connectivity index is 4.21. The maximum Gasteiger partial charge on any atom is 0.404 e. The summed E-state index contributed by atoms with van der Waals surface area (Å²) in [4.78, 5) is 20.4. The second kappa shape index (κ2) is 5.87. The van der Waals surface area contributed by atoms with Crippen molar-refractivity contribution >= 4 is 23.3 Å². The molecule has 0 fully saturated rings. The van der Waals surface area contributed by atoms with Crippen LogP contribution in [0, 0.1) is 0 Å². The maximum absolute atomic E-state index is 10.2. The fourth-order valence-corrected chi connectivity index (χ4v) is 0.715. The summed E-state index contributed by atoms with van der Waals surface area (Å²) in [6.45, 7) is -0.759. The number of aliphatic hydroxyl groups excluding tert-OH is 3. The summed E-state index contributed by atoms with van der Waals surface area (Å²) in [5.74, 6) is 0. The van der Waals surface area contributed by atoms with E-state index in [0.29, 0.717) is 0 Å². The van der Waals surface area contributed by atoms with E-state index in [1.165, 1.54) is 0 Å². The number of carbonyl (C=O) groups excluding carboxylic acids is 2. The average molecular weight is 213 g/mol. The highest BCUT2D eigenvalue weighted by Gasteiger charge is 2.28. The predicted octanol–water partition coefficient (Wildman–Crippen LogP) is -1.36. The van der Waals surface area contributed by atoms with E-state index >= 15 is 0 Å². The van der Waals surface area contributed by atoms with Gasteiger partial charge in [0, 0.05) is 11.6 Å². The van der Waals surface area contributed by atoms with Gasteiger partial charge < -0.3 is 20.1 Å². The number of ether oxygens (including phenoxy) is 1. The van der Waals surface area contributed by atoms with Gasteiger partial charge >= 0.3 is 5.43 Å². The molecule has 6 nitrogen and oxygen atoms in total. The fourth-order valence-electron chi connectivity index (χ4n) is 0.612. The summed E-state index contributed by atoms with van der Waals surface area (Å²) >= 11 is 4.77. The highest BCUT2D eigenvalue weighted by molar-refractivity contribution is 6.61. The molecule has 13 heavy (non-hydrogen) atoms. The van der Waals surface area contributed by atoms with Gasteiger partial charge in [-0.3, -0.25) is 4.79 Å². The first-order chi connectivity index (χ1) is 6.02. The van der Waals surface area contributed by atoms with Crippen LogP contribution in [0.15, 0.2) is 0 Å².